The third-order valence-electron chi connectivity index (χ3n) is 4.62. The average molecular weight is 414 g/mol. The molecule has 0 saturated carbocycles. The minimum absolute atomic E-state index is 0.0991. The van der Waals surface area contributed by atoms with Gasteiger partial charge in [0.05, 0.1) is 22.0 Å². The summed E-state index contributed by atoms with van der Waals surface area (Å²) in [6.45, 7) is 2.08. The molecule has 6 nitrogen and oxygen atoms in total. The molecule has 0 aliphatic carbocycles. The zero-order chi connectivity index (χ0) is 19.7. The lowest BCUT2D eigenvalue weighted by Crippen LogP contribution is -2.29. The molecule has 144 valence electrons. The Labute approximate surface area is 166 Å². The summed E-state index contributed by atoms with van der Waals surface area (Å²) < 4.78 is 29.0. The predicted octanol–water partition coefficient (Wildman–Crippen LogP) is 3.55. The number of aryl methyl sites for hydroxylation is 1. The van der Waals surface area contributed by atoms with Crippen LogP contribution in [0.2, 0.25) is 0 Å². The van der Waals surface area contributed by atoms with Gasteiger partial charge in [0.2, 0.25) is 10.0 Å². The van der Waals surface area contributed by atoms with Gasteiger partial charge in [0.15, 0.2) is 0 Å². The number of aromatic nitrogens is 2. The molecule has 28 heavy (non-hydrogen) atoms. The second-order valence-electron chi connectivity index (χ2n) is 6.45. The third-order valence-corrected chi connectivity index (χ3v) is 6.98. The van der Waals surface area contributed by atoms with Crippen molar-refractivity contribution in [3.05, 3.63) is 86.5 Å². The fourth-order valence-electron chi connectivity index (χ4n) is 3.09. The minimum Gasteiger partial charge on any atom is -0.306 e. The van der Waals surface area contributed by atoms with E-state index in [1.165, 1.54) is 29.0 Å². The molecule has 0 spiro atoms. The first-order valence-electron chi connectivity index (χ1n) is 8.83. The molecule has 8 heteroatoms. The van der Waals surface area contributed by atoms with Gasteiger partial charge in [0.25, 0.3) is 0 Å². The SMILES string of the molecule is CCc1ccc([C@H](NS(=O)(=O)c2ccc3[nH]c(=O)[nH]c3c2)c2cccs2)cc1. The lowest BCUT2D eigenvalue weighted by Gasteiger charge is -2.18. The second kappa shape index (κ2) is 7.38. The van der Waals surface area contributed by atoms with E-state index in [-0.39, 0.29) is 10.6 Å². The van der Waals surface area contributed by atoms with E-state index in [9.17, 15) is 13.2 Å². The zero-order valence-corrected chi connectivity index (χ0v) is 16.7. The highest BCUT2D eigenvalue weighted by Gasteiger charge is 2.24. The topological polar surface area (TPSA) is 94.8 Å². The smallest absolute Gasteiger partial charge is 0.306 e. The van der Waals surface area contributed by atoms with E-state index in [4.69, 9.17) is 0 Å². The summed E-state index contributed by atoms with van der Waals surface area (Å²) in [5.74, 6) is 0. The zero-order valence-electron chi connectivity index (χ0n) is 15.1. The van der Waals surface area contributed by atoms with Gasteiger partial charge in [-0.1, -0.05) is 37.3 Å². The van der Waals surface area contributed by atoms with Crippen LogP contribution >= 0.6 is 11.3 Å². The highest BCUT2D eigenvalue weighted by atomic mass is 32.2. The highest BCUT2D eigenvalue weighted by molar-refractivity contribution is 7.89. The molecule has 0 saturated heterocycles. The molecule has 0 bridgehead atoms. The number of sulfonamides is 1. The van der Waals surface area contributed by atoms with E-state index in [0.717, 1.165) is 16.9 Å². The molecule has 0 aliphatic rings. The number of hydrogen-bond donors (Lipinski definition) is 3. The third kappa shape index (κ3) is 3.66. The fourth-order valence-corrected chi connectivity index (χ4v) is 5.20. The Hall–Kier alpha value is -2.68. The summed E-state index contributed by atoms with van der Waals surface area (Å²) in [5.41, 5.74) is 2.71. The van der Waals surface area contributed by atoms with Crippen molar-refractivity contribution in [2.75, 3.05) is 0 Å². The molecular weight excluding hydrogens is 394 g/mol. The second-order valence-corrected chi connectivity index (χ2v) is 9.14. The summed E-state index contributed by atoms with van der Waals surface area (Å²) in [6.07, 6.45) is 0.921. The Balaban J connectivity index is 1.72. The molecule has 0 radical (unpaired) electrons. The van der Waals surface area contributed by atoms with Crippen LogP contribution < -0.4 is 10.4 Å². The first kappa shape index (κ1) is 18.7. The lowest BCUT2D eigenvalue weighted by atomic mass is 10.0. The summed E-state index contributed by atoms with van der Waals surface area (Å²) in [5, 5.41) is 1.92. The van der Waals surface area contributed by atoms with Crippen LogP contribution in [-0.4, -0.2) is 18.4 Å². The number of hydrogen-bond acceptors (Lipinski definition) is 4. The van der Waals surface area contributed by atoms with Gasteiger partial charge in [-0.2, -0.15) is 4.72 Å². The van der Waals surface area contributed by atoms with E-state index in [0.29, 0.717) is 11.0 Å². The van der Waals surface area contributed by atoms with Crippen molar-refractivity contribution in [3.8, 4) is 0 Å². The first-order valence-corrected chi connectivity index (χ1v) is 11.2. The van der Waals surface area contributed by atoms with Gasteiger partial charge in [-0.05, 0) is 47.2 Å². The highest BCUT2D eigenvalue weighted by Crippen LogP contribution is 2.28. The lowest BCUT2D eigenvalue weighted by molar-refractivity contribution is 0.573. The molecule has 0 unspecified atom stereocenters. The van der Waals surface area contributed by atoms with Crippen LogP contribution in [0.5, 0.6) is 0 Å². The molecule has 2 aromatic carbocycles. The van der Waals surface area contributed by atoms with Crippen LogP contribution in [0.4, 0.5) is 0 Å². The number of fused-ring (bicyclic) bond motifs is 1. The van der Waals surface area contributed by atoms with Gasteiger partial charge in [-0.3, -0.25) is 0 Å². The maximum Gasteiger partial charge on any atom is 0.323 e. The molecular formula is C20H19N3O3S2. The number of imidazole rings is 1. The van der Waals surface area contributed by atoms with E-state index in [2.05, 4.69) is 21.6 Å². The molecule has 1 atom stereocenters. The van der Waals surface area contributed by atoms with Crippen LogP contribution in [0.1, 0.15) is 29.0 Å². The summed E-state index contributed by atoms with van der Waals surface area (Å²) >= 11 is 1.50. The molecule has 2 heterocycles. The van der Waals surface area contributed by atoms with Crippen LogP contribution in [-0.2, 0) is 16.4 Å². The molecule has 3 N–H and O–H groups in total. The van der Waals surface area contributed by atoms with Crippen LogP contribution in [0.25, 0.3) is 11.0 Å². The average Bonchev–Trinajstić information content (AvgIpc) is 3.34. The van der Waals surface area contributed by atoms with Gasteiger partial charge in [-0.15, -0.1) is 11.3 Å². The number of H-pyrrole nitrogens is 2. The number of benzene rings is 2. The molecule has 0 fully saturated rings. The van der Waals surface area contributed by atoms with E-state index in [1.54, 1.807) is 6.07 Å². The monoisotopic (exact) mass is 413 g/mol. The van der Waals surface area contributed by atoms with Gasteiger partial charge >= 0.3 is 5.69 Å². The quantitative estimate of drug-likeness (QED) is 0.451. The van der Waals surface area contributed by atoms with Gasteiger partial charge in [0, 0.05) is 4.88 Å². The van der Waals surface area contributed by atoms with Crippen molar-refractivity contribution >= 4 is 32.4 Å². The summed E-state index contributed by atoms with van der Waals surface area (Å²) in [7, 11) is -3.81. The predicted molar refractivity (Wildman–Crippen MR) is 111 cm³/mol. The van der Waals surface area contributed by atoms with Gasteiger partial charge < -0.3 is 9.97 Å². The fraction of sp³-hybridized carbons (Fsp3) is 0.150. The van der Waals surface area contributed by atoms with E-state index in [1.807, 2.05) is 41.8 Å². The van der Waals surface area contributed by atoms with Crippen LogP contribution in [0, 0.1) is 0 Å². The van der Waals surface area contributed by atoms with E-state index >= 15 is 0 Å². The van der Waals surface area contributed by atoms with Crippen molar-refractivity contribution in [2.45, 2.75) is 24.3 Å². The molecule has 4 aromatic rings. The van der Waals surface area contributed by atoms with Crippen molar-refractivity contribution in [3.63, 3.8) is 0 Å². The van der Waals surface area contributed by atoms with E-state index < -0.39 is 16.1 Å². The van der Waals surface area contributed by atoms with Gasteiger partial charge in [-0.25, -0.2) is 13.2 Å². The summed E-state index contributed by atoms with van der Waals surface area (Å²) in [4.78, 5) is 17.7. The van der Waals surface area contributed by atoms with Crippen LogP contribution in [0.3, 0.4) is 0 Å². The summed E-state index contributed by atoms with van der Waals surface area (Å²) in [6, 6.07) is 15.8. The molecule has 4 rings (SSSR count). The Morgan fingerprint density at radius 1 is 1.04 bits per heavy atom. The molecule has 2 aromatic heterocycles. The standard InChI is InChI=1S/C20H19N3O3S2/c1-2-13-5-7-14(8-6-13)19(18-4-3-11-27-18)23-28(25,26)15-9-10-16-17(12-15)22-20(24)21-16/h3-12,19,23H,2H2,1H3,(H2,21,22,24)/t19-/m0/s1. The Bertz CT molecular complexity index is 1250. The Morgan fingerprint density at radius 2 is 1.79 bits per heavy atom. The number of thiophene rings is 1. The molecule has 0 aliphatic heterocycles. The first-order chi connectivity index (χ1) is 13.5. The molecule has 0 amide bonds. The minimum atomic E-state index is -3.81. The normalized spacial score (nSPS) is 13.0. The maximum atomic E-state index is 13.1. The number of aromatic amines is 2. The van der Waals surface area contributed by atoms with Crippen molar-refractivity contribution < 1.29 is 8.42 Å². The van der Waals surface area contributed by atoms with Crippen molar-refractivity contribution in [1.29, 1.82) is 0 Å². The largest absolute Gasteiger partial charge is 0.323 e. The number of nitrogens with one attached hydrogen (secondary N) is 3. The van der Waals surface area contributed by atoms with Crippen molar-refractivity contribution in [2.24, 2.45) is 0 Å². The van der Waals surface area contributed by atoms with Crippen LogP contribution in [0.15, 0.2) is 69.7 Å². The number of rotatable bonds is 6. The Morgan fingerprint density at radius 3 is 2.46 bits per heavy atom. The maximum absolute atomic E-state index is 13.1. The Kier molecular flexibility index (Phi) is 4.92. The van der Waals surface area contributed by atoms with Gasteiger partial charge in [0.1, 0.15) is 0 Å². The van der Waals surface area contributed by atoms with Crippen molar-refractivity contribution in [1.82, 2.24) is 14.7 Å².